The lowest BCUT2D eigenvalue weighted by Crippen LogP contribution is -2.28. The summed E-state index contributed by atoms with van der Waals surface area (Å²) in [6.45, 7) is 4.05. The summed E-state index contributed by atoms with van der Waals surface area (Å²) >= 11 is 0. The highest BCUT2D eigenvalue weighted by Crippen LogP contribution is 2.45. The summed E-state index contributed by atoms with van der Waals surface area (Å²) in [4.78, 5) is 10.8. The largest absolute Gasteiger partial charge is 0.203 e. The molecule has 162 valence electrons. The Morgan fingerprint density at radius 1 is 0.931 bits per heavy atom. The number of aryl methyl sites for hydroxylation is 1. The van der Waals surface area contributed by atoms with Crippen LogP contribution in [0, 0.1) is 34.3 Å². The van der Waals surface area contributed by atoms with Crippen LogP contribution in [-0.4, -0.2) is 6.04 Å². The van der Waals surface area contributed by atoms with E-state index in [9.17, 15) is 13.7 Å². The number of hydrogen-bond acceptors (Lipinski definition) is 2. The van der Waals surface area contributed by atoms with Gasteiger partial charge in [-0.2, -0.15) is 4.91 Å². The minimum absolute atomic E-state index is 0.0606. The molecule has 2 aliphatic carbocycles. The van der Waals surface area contributed by atoms with Gasteiger partial charge in [-0.3, -0.25) is 0 Å². The van der Waals surface area contributed by atoms with Gasteiger partial charge in [0.1, 0.15) is 0 Å². The van der Waals surface area contributed by atoms with Crippen LogP contribution in [0.2, 0.25) is 0 Å². The van der Waals surface area contributed by atoms with E-state index in [4.69, 9.17) is 0 Å². The third kappa shape index (κ3) is 5.44. The maximum atomic E-state index is 14.8. The van der Waals surface area contributed by atoms with E-state index in [-0.39, 0.29) is 12.0 Å². The smallest absolute Gasteiger partial charge is 0.162 e. The van der Waals surface area contributed by atoms with Gasteiger partial charge in [0.05, 0.1) is 6.04 Å². The summed E-state index contributed by atoms with van der Waals surface area (Å²) in [5, 5.41) is 3.22. The van der Waals surface area contributed by atoms with Crippen molar-refractivity contribution in [1.29, 1.82) is 0 Å². The highest BCUT2D eigenvalue weighted by molar-refractivity contribution is 5.29. The molecule has 2 nitrogen and oxygen atoms in total. The fourth-order valence-electron chi connectivity index (χ4n) is 5.76. The van der Waals surface area contributed by atoms with Gasteiger partial charge in [-0.15, -0.1) is 0 Å². The SMILES string of the molecule is CCCCCc1ccc(C2CCC(C3CCC(C(C)N=O)CC3)CC2)c(F)c1F. The van der Waals surface area contributed by atoms with Gasteiger partial charge in [-0.1, -0.05) is 37.1 Å². The lowest BCUT2D eigenvalue weighted by Gasteiger charge is -2.38. The lowest BCUT2D eigenvalue weighted by atomic mass is 9.67. The molecule has 0 bridgehead atoms. The van der Waals surface area contributed by atoms with Crippen molar-refractivity contribution in [3.8, 4) is 0 Å². The molecule has 2 aliphatic rings. The molecule has 1 unspecified atom stereocenters. The zero-order chi connectivity index (χ0) is 20.8. The van der Waals surface area contributed by atoms with Crippen LogP contribution in [0.25, 0.3) is 0 Å². The van der Waals surface area contributed by atoms with E-state index in [0.29, 0.717) is 29.4 Å². The lowest BCUT2D eigenvalue weighted by molar-refractivity contribution is 0.152. The average Bonchev–Trinajstić information content (AvgIpc) is 2.76. The quantitative estimate of drug-likeness (QED) is 0.319. The molecule has 0 saturated heterocycles. The van der Waals surface area contributed by atoms with Crippen LogP contribution < -0.4 is 0 Å². The summed E-state index contributed by atoms with van der Waals surface area (Å²) < 4.78 is 29.3. The minimum atomic E-state index is -0.614. The van der Waals surface area contributed by atoms with Gasteiger partial charge in [0.15, 0.2) is 11.6 Å². The highest BCUT2D eigenvalue weighted by Gasteiger charge is 2.33. The maximum absolute atomic E-state index is 14.8. The molecular weight excluding hydrogens is 368 g/mol. The fourth-order valence-corrected chi connectivity index (χ4v) is 5.76. The Labute approximate surface area is 174 Å². The Bertz CT molecular complexity index is 661. The van der Waals surface area contributed by atoms with E-state index in [1.165, 1.54) is 12.8 Å². The van der Waals surface area contributed by atoms with E-state index >= 15 is 0 Å². The monoisotopic (exact) mass is 405 g/mol. The zero-order valence-corrected chi connectivity index (χ0v) is 18.1. The summed E-state index contributed by atoms with van der Waals surface area (Å²) in [6, 6.07) is 3.61. The van der Waals surface area contributed by atoms with Crippen LogP contribution >= 0.6 is 0 Å². The van der Waals surface area contributed by atoms with Crippen molar-refractivity contribution < 1.29 is 8.78 Å². The first-order valence-electron chi connectivity index (χ1n) is 11.8. The van der Waals surface area contributed by atoms with Crippen molar-refractivity contribution in [2.45, 2.75) is 103 Å². The second-order valence-corrected chi connectivity index (χ2v) is 9.53. The van der Waals surface area contributed by atoms with Gasteiger partial charge >= 0.3 is 0 Å². The molecular formula is C25H37F2NO. The Kier molecular flexibility index (Phi) is 8.20. The molecule has 0 spiro atoms. The third-order valence-corrected chi connectivity index (χ3v) is 7.79. The van der Waals surface area contributed by atoms with E-state index < -0.39 is 11.6 Å². The summed E-state index contributed by atoms with van der Waals surface area (Å²) in [6.07, 6.45) is 12.4. The predicted molar refractivity (Wildman–Crippen MR) is 115 cm³/mol. The topological polar surface area (TPSA) is 29.4 Å². The zero-order valence-electron chi connectivity index (χ0n) is 18.1. The number of hydrogen-bond donors (Lipinski definition) is 0. The first kappa shape index (κ1) is 22.4. The molecule has 1 aromatic carbocycles. The van der Waals surface area contributed by atoms with Crippen molar-refractivity contribution >= 4 is 0 Å². The molecule has 0 aliphatic heterocycles. The van der Waals surface area contributed by atoms with Crippen molar-refractivity contribution in [2.75, 3.05) is 0 Å². The van der Waals surface area contributed by atoms with Gasteiger partial charge in [0.25, 0.3) is 0 Å². The van der Waals surface area contributed by atoms with Gasteiger partial charge in [0.2, 0.25) is 0 Å². The molecule has 3 rings (SSSR count). The number of benzene rings is 1. The minimum Gasteiger partial charge on any atom is -0.203 e. The van der Waals surface area contributed by atoms with Gasteiger partial charge in [-0.25, -0.2) is 8.78 Å². The predicted octanol–water partition coefficient (Wildman–Crippen LogP) is 7.93. The number of nitrogens with zero attached hydrogens (tertiary/aromatic N) is 1. The molecule has 0 radical (unpaired) electrons. The van der Waals surface area contributed by atoms with Crippen LogP contribution in [0.4, 0.5) is 8.78 Å². The molecule has 2 saturated carbocycles. The summed E-state index contributed by atoms with van der Waals surface area (Å²) in [5.41, 5.74) is 1.12. The molecule has 29 heavy (non-hydrogen) atoms. The van der Waals surface area contributed by atoms with E-state index in [1.807, 2.05) is 19.1 Å². The van der Waals surface area contributed by atoms with Crippen LogP contribution in [0.3, 0.4) is 0 Å². The Morgan fingerprint density at radius 2 is 1.55 bits per heavy atom. The number of rotatable bonds is 8. The van der Waals surface area contributed by atoms with Crippen molar-refractivity contribution in [1.82, 2.24) is 0 Å². The Balaban J connectivity index is 1.53. The van der Waals surface area contributed by atoms with Crippen molar-refractivity contribution in [3.63, 3.8) is 0 Å². The van der Waals surface area contributed by atoms with Crippen LogP contribution in [0.15, 0.2) is 17.3 Å². The van der Waals surface area contributed by atoms with Gasteiger partial charge < -0.3 is 0 Å². The van der Waals surface area contributed by atoms with Crippen molar-refractivity contribution in [2.24, 2.45) is 22.9 Å². The first-order chi connectivity index (χ1) is 14.0. The molecule has 0 amide bonds. The molecule has 1 atom stereocenters. The summed E-state index contributed by atoms with van der Waals surface area (Å²) in [7, 11) is 0. The van der Waals surface area contributed by atoms with Gasteiger partial charge in [0, 0.05) is 0 Å². The Morgan fingerprint density at radius 3 is 2.14 bits per heavy atom. The van der Waals surface area contributed by atoms with Crippen LogP contribution in [0.5, 0.6) is 0 Å². The number of unbranched alkanes of at least 4 members (excludes halogenated alkanes) is 2. The number of halogens is 2. The standard InChI is InChI=1S/C25H37F2NO/c1-3-4-5-6-22-15-16-23(25(27)24(22)26)21-13-11-20(12-14-21)19-9-7-18(8-10-19)17(2)28-29/h15-21H,3-14H2,1-2H3. The average molecular weight is 406 g/mol. The van der Waals surface area contributed by atoms with E-state index in [2.05, 4.69) is 12.1 Å². The first-order valence-corrected chi connectivity index (χ1v) is 11.8. The highest BCUT2D eigenvalue weighted by atomic mass is 19.2. The molecule has 4 heteroatoms. The normalized spacial score (nSPS) is 28.8. The van der Waals surface area contributed by atoms with Crippen molar-refractivity contribution in [3.05, 3.63) is 39.8 Å². The van der Waals surface area contributed by atoms with E-state index in [0.717, 1.165) is 63.7 Å². The van der Waals surface area contributed by atoms with Crippen LogP contribution in [0.1, 0.15) is 102 Å². The fraction of sp³-hybridized carbons (Fsp3) is 0.760. The third-order valence-electron chi connectivity index (χ3n) is 7.79. The second kappa shape index (κ2) is 10.6. The maximum Gasteiger partial charge on any atom is 0.162 e. The number of nitroso groups, excluding NO2 is 1. The van der Waals surface area contributed by atoms with E-state index in [1.54, 1.807) is 0 Å². The summed E-state index contributed by atoms with van der Waals surface area (Å²) in [5.74, 6) is 0.825. The molecule has 0 heterocycles. The molecule has 0 N–H and O–H groups in total. The molecule has 0 aromatic heterocycles. The van der Waals surface area contributed by atoms with Crippen LogP contribution in [-0.2, 0) is 6.42 Å². The second-order valence-electron chi connectivity index (χ2n) is 9.53. The molecule has 2 fully saturated rings. The Hall–Kier alpha value is -1.32. The van der Waals surface area contributed by atoms with Gasteiger partial charge in [-0.05, 0) is 106 Å². The molecule has 1 aromatic rings.